The van der Waals surface area contributed by atoms with Gasteiger partial charge in [0.15, 0.2) is 0 Å². The van der Waals surface area contributed by atoms with Gasteiger partial charge in [-0.1, -0.05) is 15.9 Å². The zero-order valence-electron chi connectivity index (χ0n) is 12.9. The van der Waals surface area contributed by atoms with Crippen LogP contribution in [-0.2, 0) is 11.2 Å². The van der Waals surface area contributed by atoms with Crippen molar-refractivity contribution in [2.75, 3.05) is 20.1 Å². The molecule has 1 amide bonds. The molecule has 3 rings (SSSR count). The average Bonchev–Trinajstić information content (AvgIpc) is 3.12. The number of nitrogens with one attached hydrogen (secondary N) is 2. The second-order valence-corrected chi connectivity index (χ2v) is 6.88. The molecule has 1 aliphatic heterocycles. The van der Waals surface area contributed by atoms with E-state index in [1.54, 1.807) is 7.05 Å². The van der Waals surface area contributed by atoms with Crippen LogP contribution in [0.1, 0.15) is 24.8 Å². The Morgan fingerprint density at radius 1 is 1.50 bits per heavy atom. The van der Waals surface area contributed by atoms with E-state index in [1.165, 1.54) is 29.3 Å². The summed E-state index contributed by atoms with van der Waals surface area (Å²) in [5.41, 5.74) is 2.56. The van der Waals surface area contributed by atoms with Crippen molar-refractivity contribution in [3.8, 4) is 0 Å². The lowest BCUT2D eigenvalue weighted by Crippen LogP contribution is -2.34. The van der Waals surface area contributed by atoms with Crippen molar-refractivity contribution in [2.24, 2.45) is 0 Å². The molecule has 0 aliphatic carbocycles. The monoisotopic (exact) mass is 363 g/mol. The molecular formula is C17H22BrN3O. The van der Waals surface area contributed by atoms with Crippen LogP contribution in [0.15, 0.2) is 28.9 Å². The number of carbonyl (C=O) groups excluding carboxylic acids is 1. The van der Waals surface area contributed by atoms with E-state index in [4.69, 9.17) is 0 Å². The molecule has 0 spiro atoms. The van der Waals surface area contributed by atoms with Crippen molar-refractivity contribution in [2.45, 2.75) is 31.7 Å². The molecule has 4 nitrogen and oxygen atoms in total. The second-order valence-electron chi connectivity index (χ2n) is 5.96. The van der Waals surface area contributed by atoms with Crippen molar-refractivity contribution >= 4 is 32.7 Å². The van der Waals surface area contributed by atoms with Crippen LogP contribution < -0.4 is 5.32 Å². The fourth-order valence-electron chi connectivity index (χ4n) is 3.36. The van der Waals surface area contributed by atoms with E-state index < -0.39 is 0 Å². The van der Waals surface area contributed by atoms with E-state index in [2.05, 4.69) is 55.5 Å². The molecule has 1 fully saturated rings. The molecule has 5 heteroatoms. The Hall–Kier alpha value is -1.33. The van der Waals surface area contributed by atoms with Crippen LogP contribution in [0.5, 0.6) is 0 Å². The maximum atomic E-state index is 11.5. The molecule has 0 bridgehead atoms. The molecule has 1 aliphatic rings. The highest BCUT2D eigenvalue weighted by Gasteiger charge is 2.25. The molecule has 0 radical (unpaired) electrons. The minimum Gasteiger partial charge on any atom is -0.361 e. The van der Waals surface area contributed by atoms with Crippen molar-refractivity contribution in [1.29, 1.82) is 0 Å². The van der Waals surface area contributed by atoms with Gasteiger partial charge >= 0.3 is 0 Å². The lowest BCUT2D eigenvalue weighted by Gasteiger charge is -2.24. The zero-order chi connectivity index (χ0) is 15.5. The van der Waals surface area contributed by atoms with Gasteiger partial charge in [0, 0.05) is 47.6 Å². The van der Waals surface area contributed by atoms with Crippen molar-refractivity contribution < 1.29 is 4.79 Å². The molecule has 1 saturated heterocycles. The molecule has 0 unspecified atom stereocenters. The van der Waals surface area contributed by atoms with Crippen LogP contribution in [0, 0.1) is 0 Å². The molecule has 1 atom stereocenters. The van der Waals surface area contributed by atoms with E-state index in [1.807, 2.05) is 0 Å². The second kappa shape index (κ2) is 6.84. The number of nitrogens with zero attached hydrogens (tertiary/aromatic N) is 1. The van der Waals surface area contributed by atoms with Gasteiger partial charge < -0.3 is 10.3 Å². The van der Waals surface area contributed by atoms with Gasteiger partial charge in [0.2, 0.25) is 5.91 Å². The summed E-state index contributed by atoms with van der Waals surface area (Å²) in [6.45, 7) is 1.96. The summed E-state index contributed by atoms with van der Waals surface area (Å²) in [5.74, 6) is 0.127. The van der Waals surface area contributed by atoms with Crippen LogP contribution in [-0.4, -0.2) is 42.0 Å². The van der Waals surface area contributed by atoms with Crippen LogP contribution in [0.4, 0.5) is 0 Å². The van der Waals surface area contributed by atoms with E-state index in [0.717, 1.165) is 24.0 Å². The molecule has 22 heavy (non-hydrogen) atoms. The molecule has 0 saturated carbocycles. The molecule has 2 N–H and O–H groups in total. The number of rotatable bonds is 5. The maximum Gasteiger partial charge on any atom is 0.221 e. The number of aromatic nitrogens is 1. The van der Waals surface area contributed by atoms with Gasteiger partial charge in [-0.2, -0.15) is 0 Å². The van der Waals surface area contributed by atoms with Gasteiger partial charge in [-0.05, 0) is 49.6 Å². The average molecular weight is 364 g/mol. The third-order valence-corrected chi connectivity index (χ3v) is 5.08. The summed E-state index contributed by atoms with van der Waals surface area (Å²) in [6.07, 6.45) is 6.21. The van der Waals surface area contributed by atoms with Gasteiger partial charge in [-0.15, -0.1) is 0 Å². The minimum atomic E-state index is 0.127. The van der Waals surface area contributed by atoms with Crippen LogP contribution in [0.3, 0.4) is 0 Å². The predicted molar refractivity (Wildman–Crippen MR) is 93.0 cm³/mol. The summed E-state index contributed by atoms with van der Waals surface area (Å²) in [4.78, 5) is 17.3. The number of aromatic amines is 1. The van der Waals surface area contributed by atoms with Gasteiger partial charge in [0.05, 0.1) is 0 Å². The third kappa shape index (κ3) is 3.36. The minimum absolute atomic E-state index is 0.127. The molecule has 1 aromatic heterocycles. The zero-order valence-corrected chi connectivity index (χ0v) is 14.4. The molecule has 2 heterocycles. The standard InChI is InChI=1S/C17H22BrN3O/c1-19-17(22)6-8-21-7-2-3-14(21)9-12-11-20-16-5-4-13(18)10-15(12)16/h4-5,10-11,14,20H,2-3,6-9H2,1H3,(H,19,22)/t14-/m1/s1. The number of halogens is 1. The third-order valence-electron chi connectivity index (χ3n) is 4.59. The highest BCUT2D eigenvalue weighted by atomic mass is 79.9. The highest BCUT2D eigenvalue weighted by molar-refractivity contribution is 9.10. The summed E-state index contributed by atoms with van der Waals surface area (Å²) >= 11 is 3.56. The molecule has 118 valence electrons. The summed E-state index contributed by atoms with van der Waals surface area (Å²) in [6, 6.07) is 6.90. The number of amides is 1. The Morgan fingerprint density at radius 2 is 2.36 bits per heavy atom. The number of H-pyrrole nitrogens is 1. The Bertz CT molecular complexity index is 667. The Kier molecular flexibility index (Phi) is 4.84. The van der Waals surface area contributed by atoms with E-state index in [9.17, 15) is 4.79 Å². The van der Waals surface area contributed by atoms with Crippen LogP contribution >= 0.6 is 15.9 Å². The number of benzene rings is 1. The summed E-state index contributed by atoms with van der Waals surface area (Å²) < 4.78 is 1.11. The maximum absolute atomic E-state index is 11.5. The fraction of sp³-hybridized carbons (Fsp3) is 0.471. The first-order valence-electron chi connectivity index (χ1n) is 7.87. The smallest absolute Gasteiger partial charge is 0.221 e. The lowest BCUT2D eigenvalue weighted by molar-refractivity contribution is -0.120. The first-order valence-corrected chi connectivity index (χ1v) is 8.67. The van der Waals surface area contributed by atoms with Crippen molar-refractivity contribution in [3.05, 3.63) is 34.4 Å². The van der Waals surface area contributed by atoms with E-state index >= 15 is 0 Å². The molecule has 2 aromatic rings. The Balaban J connectivity index is 1.70. The quantitative estimate of drug-likeness (QED) is 0.857. The summed E-state index contributed by atoms with van der Waals surface area (Å²) in [7, 11) is 1.70. The van der Waals surface area contributed by atoms with Crippen LogP contribution in [0.2, 0.25) is 0 Å². The highest BCUT2D eigenvalue weighted by Crippen LogP contribution is 2.27. The Labute approximate surface area is 139 Å². The number of likely N-dealkylation sites (tertiary alicyclic amines) is 1. The molecular weight excluding hydrogens is 342 g/mol. The predicted octanol–water partition coefficient (Wildman–Crippen LogP) is 3.07. The Morgan fingerprint density at radius 3 is 3.18 bits per heavy atom. The number of fused-ring (bicyclic) bond motifs is 1. The van der Waals surface area contributed by atoms with Crippen molar-refractivity contribution in [3.63, 3.8) is 0 Å². The van der Waals surface area contributed by atoms with Gasteiger partial charge in [0.1, 0.15) is 0 Å². The van der Waals surface area contributed by atoms with Crippen molar-refractivity contribution in [1.82, 2.24) is 15.2 Å². The van der Waals surface area contributed by atoms with Gasteiger partial charge in [0.25, 0.3) is 0 Å². The van der Waals surface area contributed by atoms with Crippen LogP contribution in [0.25, 0.3) is 10.9 Å². The lowest BCUT2D eigenvalue weighted by atomic mass is 10.0. The van der Waals surface area contributed by atoms with Gasteiger partial charge in [-0.3, -0.25) is 9.69 Å². The number of carbonyl (C=O) groups is 1. The van der Waals surface area contributed by atoms with Gasteiger partial charge in [-0.25, -0.2) is 0 Å². The number of hydrogen-bond donors (Lipinski definition) is 2. The normalized spacial score (nSPS) is 18.9. The van der Waals surface area contributed by atoms with E-state index in [-0.39, 0.29) is 5.91 Å². The SMILES string of the molecule is CNC(=O)CCN1CCC[C@@H]1Cc1c[nH]c2ccc(Br)cc12. The molecule has 1 aromatic carbocycles. The topological polar surface area (TPSA) is 48.1 Å². The van der Waals surface area contributed by atoms with E-state index in [0.29, 0.717) is 12.5 Å². The largest absolute Gasteiger partial charge is 0.361 e. The number of hydrogen-bond acceptors (Lipinski definition) is 2. The summed E-state index contributed by atoms with van der Waals surface area (Å²) in [5, 5.41) is 4.00. The fourth-order valence-corrected chi connectivity index (χ4v) is 3.73. The first kappa shape index (κ1) is 15.6. The first-order chi connectivity index (χ1) is 10.7.